The van der Waals surface area contributed by atoms with Crippen LogP contribution in [-0.4, -0.2) is 35.5 Å². The molecule has 13 heteroatoms. The van der Waals surface area contributed by atoms with Crippen LogP contribution in [0.5, 0.6) is 0 Å². The normalized spacial score (nSPS) is 17.8. The summed E-state index contributed by atoms with van der Waals surface area (Å²) in [7, 11) is 0. The van der Waals surface area contributed by atoms with E-state index in [1.54, 1.807) is 13.0 Å². The van der Waals surface area contributed by atoms with Crippen LogP contribution in [0.3, 0.4) is 0 Å². The number of halogens is 5. The van der Waals surface area contributed by atoms with Gasteiger partial charge in [-0.25, -0.2) is 13.8 Å². The molecule has 0 spiro atoms. The second-order valence-corrected chi connectivity index (χ2v) is 10.6. The summed E-state index contributed by atoms with van der Waals surface area (Å²) >= 11 is 0. The number of nitrogens with two attached hydrogens (primary N) is 1. The monoisotopic (exact) mass is 629 g/mol. The van der Waals surface area contributed by atoms with Gasteiger partial charge in [0, 0.05) is 41.4 Å². The van der Waals surface area contributed by atoms with Gasteiger partial charge >= 0.3 is 6.18 Å². The number of alkyl halides is 5. The molecule has 4 rings (SSSR count). The van der Waals surface area contributed by atoms with Crippen molar-refractivity contribution < 1.29 is 36.0 Å². The molecule has 1 aliphatic carbocycles. The quantitative estimate of drug-likeness (QED) is 0.0999. The Morgan fingerprint density at radius 2 is 1.89 bits per heavy atom. The number of benzene rings is 1. The fourth-order valence-corrected chi connectivity index (χ4v) is 4.83. The maximum absolute atomic E-state index is 14.0. The molecule has 1 fully saturated rings. The highest BCUT2D eigenvalue weighted by molar-refractivity contribution is 5.95. The third-order valence-corrected chi connectivity index (χ3v) is 7.32. The highest BCUT2D eigenvalue weighted by Crippen LogP contribution is 2.39. The number of carbonyl (C=O) groups excluding carboxylic acids is 2. The van der Waals surface area contributed by atoms with E-state index in [1.807, 2.05) is 0 Å². The Morgan fingerprint density at radius 1 is 1.16 bits per heavy atom. The molecule has 0 bridgehead atoms. The first-order chi connectivity index (χ1) is 21.3. The Bertz CT molecular complexity index is 1630. The molecule has 45 heavy (non-hydrogen) atoms. The van der Waals surface area contributed by atoms with E-state index < -0.39 is 41.5 Å². The molecule has 0 aliphatic heterocycles. The number of aromatic nitrogens is 1. The number of amides is 2. The van der Waals surface area contributed by atoms with E-state index in [0.29, 0.717) is 31.3 Å². The molecule has 1 aromatic carbocycles. The number of allylic oxidation sites excluding steroid dienone is 3. The van der Waals surface area contributed by atoms with Crippen molar-refractivity contribution in [2.24, 2.45) is 16.6 Å². The predicted molar refractivity (Wildman–Crippen MR) is 160 cm³/mol. The molecular weight excluding hydrogens is 597 g/mol. The molecule has 3 aromatic rings. The van der Waals surface area contributed by atoms with Crippen LogP contribution >= 0.6 is 0 Å². The number of nitrogens with one attached hydrogen (secondary N) is 2. The molecule has 1 aliphatic rings. The van der Waals surface area contributed by atoms with Gasteiger partial charge < -0.3 is 20.8 Å². The number of hydrogen-bond donors (Lipinski definition) is 3. The van der Waals surface area contributed by atoms with E-state index in [4.69, 9.17) is 10.2 Å². The Morgan fingerprint density at radius 3 is 2.51 bits per heavy atom. The summed E-state index contributed by atoms with van der Waals surface area (Å²) in [5, 5.41) is 5.51. The zero-order valence-electron chi connectivity index (χ0n) is 24.3. The standard InChI is InChI=1S/C32H32F5N5O3/c1-3-27(38)40-15-18(2)4-11-28(43)41-17-24-13-22-12-21(14-25(29(22)45-24)32(35,36)37)26-10-7-20(16-39-26)31(44)42-23-8-5-19(6-9-23)30(33)34/h3-4,7,10-16,19,23,30H,2,5-6,8-9,17,38H2,1H3,(H,41,43)(H,42,44)/b11-4+,27-3-,40-15?. The minimum Gasteiger partial charge on any atom is -0.459 e. The van der Waals surface area contributed by atoms with E-state index in [0.717, 1.165) is 6.07 Å². The van der Waals surface area contributed by atoms with Gasteiger partial charge in [0.25, 0.3) is 5.91 Å². The number of furan rings is 1. The number of rotatable bonds is 10. The fraction of sp³-hybridized carbons (Fsp3) is 0.312. The van der Waals surface area contributed by atoms with Gasteiger partial charge in [0.05, 0.1) is 23.4 Å². The van der Waals surface area contributed by atoms with Crippen LogP contribution in [0.2, 0.25) is 0 Å². The first-order valence-corrected chi connectivity index (χ1v) is 14.1. The Balaban J connectivity index is 1.45. The third-order valence-electron chi connectivity index (χ3n) is 7.32. The Hall–Kier alpha value is -4.81. The summed E-state index contributed by atoms with van der Waals surface area (Å²) in [5.74, 6) is -1.26. The molecule has 238 valence electrons. The van der Waals surface area contributed by atoms with Crippen molar-refractivity contribution in [2.45, 2.75) is 57.8 Å². The number of carbonyl (C=O) groups is 2. The zero-order valence-corrected chi connectivity index (χ0v) is 24.3. The van der Waals surface area contributed by atoms with Crippen molar-refractivity contribution in [1.29, 1.82) is 0 Å². The number of fused-ring (bicyclic) bond motifs is 1. The van der Waals surface area contributed by atoms with E-state index in [1.165, 1.54) is 48.8 Å². The summed E-state index contributed by atoms with van der Waals surface area (Å²) in [6, 6.07) is 6.43. The van der Waals surface area contributed by atoms with Crippen molar-refractivity contribution in [3.05, 3.63) is 89.6 Å². The van der Waals surface area contributed by atoms with Gasteiger partial charge in [-0.2, -0.15) is 13.2 Å². The molecule has 0 radical (unpaired) electrons. The maximum atomic E-state index is 14.0. The van der Waals surface area contributed by atoms with Gasteiger partial charge in [0.15, 0.2) is 0 Å². The highest BCUT2D eigenvalue weighted by Gasteiger charge is 2.35. The largest absolute Gasteiger partial charge is 0.459 e. The van der Waals surface area contributed by atoms with E-state index >= 15 is 0 Å². The van der Waals surface area contributed by atoms with Gasteiger partial charge in [-0.1, -0.05) is 6.58 Å². The van der Waals surface area contributed by atoms with Crippen LogP contribution in [0.4, 0.5) is 22.0 Å². The molecule has 0 unspecified atom stereocenters. The van der Waals surface area contributed by atoms with Gasteiger partial charge in [-0.05, 0) is 80.7 Å². The number of nitrogens with zero attached hydrogens (tertiary/aromatic N) is 2. The molecule has 0 saturated heterocycles. The molecular formula is C32H32F5N5O3. The topological polar surface area (TPSA) is 123 Å². The van der Waals surface area contributed by atoms with Crippen LogP contribution in [-0.2, 0) is 17.5 Å². The second-order valence-electron chi connectivity index (χ2n) is 10.6. The first kappa shape index (κ1) is 33.1. The summed E-state index contributed by atoms with van der Waals surface area (Å²) in [6.07, 6.45) is 1.21. The lowest BCUT2D eigenvalue weighted by Gasteiger charge is -2.28. The fourth-order valence-electron chi connectivity index (χ4n) is 4.83. The van der Waals surface area contributed by atoms with Crippen molar-refractivity contribution in [1.82, 2.24) is 15.6 Å². The maximum Gasteiger partial charge on any atom is 0.420 e. The van der Waals surface area contributed by atoms with Gasteiger partial charge in [0.1, 0.15) is 17.2 Å². The lowest BCUT2D eigenvalue weighted by molar-refractivity contribution is -0.136. The predicted octanol–water partition coefficient (Wildman–Crippen LogP) is 6.69. The number of hydrogen-bond acceptors (Lipinski definition) is 6. The van der Waals surface area contributed by atoms with Crippen LogP contribution in [0.25, 0.3) is 22.2 Å². The lowest BCUT2D eigenvalue weighted by atomic mass is 9.86. The molecule has 8 nitrogen and oxygen atoms in total. The van der Waals surface area contributed by atoms with E-state index in [-0.39, 0.29) is 46.4 Å². The molecule has 2 aromatic heterocycles. The summed E-state index contributed by atoms with van der Waals surface area (Å²) < 4.78 is 73.4. The second kappa shape index (κ2) is 14.3. The van der Waals surface area contributed by atoms with Crippen molar-refractivity contribution in [2.75, 3.05) is 0 Å². The molecule has 2 amide bonds. The lowest BCUT2D eigenvalue weighted by Crippen LogP contribution is -2.38. The van der Waals surface area contributed by atoms with Gasteiger partial charge in [0.2, 0.25) is 12.3 Å². The van der Waals surface area contributed by atoms with Crippen molar-refractivity contribution in [3.63, 3.8) is 0 Å². The van der Waals surface area contributed by atoms with E-state index in [2.05, 4.69) is 27.2 Å². The van der Waals surface area contributed by atoms with Gasteiger partial charge in [-0.3, -0.25) is 14.6 Å². The summed E-state index contributed by atoms with van der Waals surface area (Å²) in [5.41, 5.74) is 5.08. The summed E-state index contributed by atoms with van der Waals surface area (Å²) in [6.45, 7) is 5.25. The Kier molecular flexibility index (Phi) is 10.5. The summed E-state index contributed by atoms with van der Waals surface area (Å²) in [4.78, 5) is 33.0. The molecule has 4 N–H and O–H groups in total. The van der Waals surface area contributed by atoms with Crippen molar-refractivity contribution >= 4 is 29.0 Å². The van der Waals surface area contributed by atoms with E-state index in [9.17, 15) is 31.5 Å². The Labute approximate surface area is 256 Å². The third kappa shape index (κ3) is 8.87. The first-order valence-electron chi connectivity index (χ1n) is 14.1. The average molecular weight is 630 g/mol. The molecule has 1 saturated carbocycles. The number of pyridine rings is 1. The zero-order chi connectivity index (χ0) is 32.7. The minimum absolute atomic E-state index is 0.0956. The minimum atomic E-state index is -4.75. The smallest absolute Gasteiger partial charge is 0.420 e. The number of aliphatic imine (C=N–C) groups is 1. The highest BCUT2D eigenvalue weighted by atomic mass is 19.4. The van der Waals surface area contributed by atoms with Crippen LogP contribution < -0.4 is 16.4 Å². The molecule has 0 atom stereocenters. The SMILES string of the molecule is C=C(C=N/C(N)=C\C)/C=C/C(=O)NCc1cc2cc(-c3ccc(C(=O)NC4CCC(C(F)F)CC4)cn3)cc(C(F)(F)F)c2o1. The van der Waals surface area contributed by atoms with Crippen LogP contribution in [0, 0.1) is 5.92 Å². The molecule has 2 heterocycles. The van der Waals surface area contributed by atoms with Crippen molar-refractivity contribution in [3.8, 4) is 11.3 Å². The van der Waals surface area contributed by atoms with Crippen LogP contribution in [0.15, 0.2) is 82.1 Å². The average Bonchev–Trinajstić information content (AvgIpc) is 3.43. The van der Waals surface area contributed by atoms with Gasteiger partial charge in [-0.15, -0.1) is 0 Å². The van der Waals surface area contributed by atoms with Crippen LogP contribution in [0.1, 0.15) is 54.3 Å².